The van der Waals surface area contributed by atoms with Crippen LogP contribution in [0.4, 0.5) is 5.69 Å². The summed E-state index contributed by atoms with van der Waals surface area (Å²) in [6.45, 7) is 4.27. The van der Waals surface area contributed by atoms with E-state index in [1.54, 1.807) is 31.5 Å². The maximum absolute atomic E-state index is 12.5. The highest BCUT2D eigenvalue weighted by atomic mass is 16.5. The van der Waals surface area contributed by atoms with Gasteiger partial charge in [-0.2, -0.15) is 0 Å². The van der Waals surface area contributed by atoms with Crippen LogP contribution in [0.25, 0.3) is 0 Å². The summed E-state index contributed by atoms with van der Waals surface area (Å²) in [6, 6.07) is 8.95. The number of nitrogens with one attached hydrogen (secondary N) is 2. The number of aromatic nitrogens is 1. The predicted molar refractivity (Wildman–Crippen MR) is 112 cm³/mol. The third-order valence-corrected chi connectivity index (χ3v) is 5.20. The minimum absolute atomic E-state index is 0.00438. The van der Waals surface area contributed by atoms with Gasteiger partial charge < -0.3 is 20.3 Å². The first kappa shape index (κ1) is 20.8. The molecule has 1 aromatic heterocycles. The summed E-state index contributed by atoms with van der Waals surface area (Å²) in [6.07, 6.45) is 3.22. The number of aryl methyl sites for hydroxylation is 1. The van der Waals surface area contributed by atoms with Crippen LogP contribution < -0.4 is 15.4 Å². The summed E-state index contributed by atoms with van der Waals surface area (Å²) < 4.78 is 5.03. The zero-order chi connectivity index (χ0) is 20.8. The summed E-state index contributed by atoms with van der Waals surface area (Å²) in [5.74, 6) is 0.720. The molecule has 0 saturated carbocycles. The topological polar surface area (TPSA) is 83.6 Å². The largest absolute Gasteiger partial charge is 0.481 e. The molecule has 2 heterocycles. The van der Waals surface area contributed by atoms with Gasteiger partial charge in [-0.1, -0.05) is 12.1 Å². The number of benzene rings is 1. The number of pyridine rings is 1. The molecule has 0 aliphatic carbocycles. The second kappa shape index (κ2) is 9.52. The van der Waals surface area contributed by atoms with E-state index in [4.69, 9.17) is 4.74 Å². The van der Waals surface area contributed by atoms with E-state index in [0.717, 1.165) is 30.6 Å². The molecule has 7 nitrogen and oxygen atoms in total. The Morgan fingerprint density at radius 3 is 2.76 bits per heavy atom. The Morgan fingerprint density at radius 1 is 1.28 bits per heavy atom. The molecule has 154 valence electrons. The number of hydrogen-bond acceptors (Lipinski definition) is 5. The highest BCUT2D eigenvalue weighted by molar-refractivity contribution is 5.97. The van der Waals surface area contributed by atoms with Gasteiger partial charge in [0, 0.05) is 43.0 Å². The third-order valence-electron chi connectivity index (χ3n) is 5.20. The lowest BCUT2D eigenvalue weighted by molar-refractivity contribution is -0.117. The van der Waals surface area contributed by atoms with Crippen LogP contribution in [0.15, 0.2) is 36.5 Å². The summed E-state index contributed by atoms with van der Waals surface area (Å²) in [5.41, 5.74) is 2.99. The highest BCUT2D eigenvalue weighted by Crippen LogP contribution is 2.21. The molecule has 0 spiro atoms. The average Bonchev–Trinajstić information content (AvgIpc) is 3.12. The molecule has 0 radical (unpaired) electrons. The molecule has 0 bridgehead atoms. The lowest BCUT2D eigenvalue weighted by Gasteiger charge is -2.13. The number of carbonyl (C=O) groups excluding carboxylic acids is 2. The maximum Gasteiger partial charge on any atom is 0.251 e. The second-order valence-corrected chi connectivity index (χ2v) is 7.59. The van der Waals surface area contributed by atoms with Gasteiger partial charge in [0.25, 0.3) is 5.91 Å². The molecule has 2 aromatic rings. The first-order chi connectivity index (χ1) is 13.9. The SMILES string of the molecule is COc1ccc(CNC(=O)c2ccc(C)c(NC(=O)CC3CCN(C)C3)c2)cn1. The second-order valence-electron chi connectivity index (χ2n) is 7.59. The van der Waals surface area contributed by atoms with Crippen molar-refractivity contribution in [3.05, 3.63) is 53.2 Å². The Labute approximate surface area is 171 Å². The van der Waals surface area contributed by atoms with Crippen LogP contribution >= 0.6 is 0 Å². The van der Waals surface area contributed by atoms with Gasteiger partial charge in [0.05, 0.1) is 7.11 Å². The van der Waals surface area contributed by atoms with Crippen molar-refractivity contribution < 1.29 is 14.3 Å². The number of carbonyl (C=O) groups is 2. The quantitative estimate of drug-likeness (QED) is 0.752. The van der Waals surface area contributed by atoms with E-state index in [-0.39, 0.29) is 11.8 Å². The number of anilines is 1. The van der Waals surface area contributed by atoms with Crippen LogP contribution in [0.1, 0.15) is 34.3 Å². The summed E-state index contributed by atoms with van der Waals surface area (Å²) in [4.78, 5) is 31.3. The number of ether oxygens (including phenoxy) is 1. The molecular formula is C22H28N4O3. The molecule has 1 aliphatic rings. The predicted octanol–water partition coefficient (Wildman–Crippen LogP) is 2.61. The fourth-order valence-corrected chi connectivity index (χ4v) is 3.47. The minimum atomic E-state index is -0.200. The summed E-state index contributed by atoms with van der Waals surface area (Å²) in [7, 11) is 3.63. The van der Waals surface area contributed by atoms with E-state index >= 15 is 0 Å². The molecule has 1 aromatic carbocycles. The van der Waals surface area contributed by atoms with Crippen molar-refractivity contribution in [2.45, 2.75) is 26.3 Å². The number of nitrogens with zero attached hydrogens (tertiary/aromatic N) is 2. The third kappa shape index (κ3) is 5.77. The Kier molecular flexibility index (Phi) is 6.82. The van der Waals surface area contributed by atoms with Gasteiger partial charge >= 0.3 is 0 Å². The minimum Gasteiger partial charge on any atom is -0.481 e. The van der Waals surface area contributed by atoms with Gasteiger partial charge in [0.15, 0.2) is 0 Å². The molecule has 1 unspecified atom stereocenters. The fourth-order valence-electron chi connectivity index (χ4n) is 3.47. The van der Waals surface area contributed by atoms with Crippen LogP contribution in [-0.4, -0.2) is 48.9 Å². The first-order valence-electron chi connectivity index (χ1n) is 9.80. The van der Waals surface area contributed by atoms with Crippen molar-refractivity contribution >= 4 is 17.5 Å². The molecule has 1 fully saturated rings. The van der Waals surface area contributed by atoms with Crippen molar-refractivity contribution in [3.63, 3.8) is 0 Å². The van der Waals surface area contributed by atoms with Crippen molar-refractivity contribution in [1.29, 1.82) is 0 Å². The van der Waals surface area contributed by atoms with E-state index in [1.165, 1.54) is 0 Å². The summed E-state index contributed by atoms with van der Waals surface area (Å²) in [5, 5.41) is 5.85. The normalized spacial score (nSPS) is 16.4. The Morgan fingerprint density at radius 2 is 2.10 bits per heavy atom. The van der Waals surface area contributed by atoms with Crippen molar-refractivity contribution in [2.75, 3.05) is 32.6 Å². The van der Waals surface area contributed by atoms with Crippen molar-refractivity contribution in [1.82, 2.24) is 15.2 Å². The van der Waals surface area contributed by atoms with Gasteiger partial charge in [-0.15, -0.1) is 0 Å². The van der Waals surface area contributed by atoms with Crippen LogP contribution in [0, 0.1) is 12.8 Å². The molecule has 2 N–H and O–H groups in total. The van der Waals surface area contributed by atoms with E-state index in [9.17, 15) is 9.59 Å². The number of rotatable bonds is 7. The molecule has 1 atom stereocenters. The maximum atomic E-state index is 12.5. The highest BCUT2D eigenvalue weighted by Gasteiger charge is 2.22. The number of likely N-dealkylation sites (tertiary alicyclic amines) is 1. The van der Waals surface area contributed by atoms with Crippen molar-refractivity contribution in [3.8, 4) is 5.88 Å². The Bertz CT molecular complexity index is 867. The lowest BCUT2D eigenvalue weighted by Crippen LogP contribution is -2.23. The number of methoxy groups -OCH3 is 1. The number of amides is 2. The molecular weight excluding hydrogens is 368 g/mol. The molecule has 2 amide bonds. The molecule has 3 rings (SSSR count). The van der Waals surface area contributed by atoms with Crippen LogP contribution in [0.3, 0.4) is 0 Å². The standard InChI is InChI=1S/C22H28N4O3/c1-15-4-6-18(22(28)24-13-17-5-7-21(29-3)23-12-17)11-19(15)25-20(27)10-16-8-9-26(2)14-16/h4-7,11-12,16H,8-10,13-14H2,1-3H3,(H,24,28)(H,25,27). The van der Waals surface area contributed by atoms with Gasteiger partial charge in [0.1, 0.15) is 0 Å². The Hall–Kier alpha value is -2.93. The van der Waals surface area contributed by atoms with Crippen LogP contribution in [0.2, 0.25) is 0 Å². The van der Waals surface area contributed by atoms with E-state index in [1.807, 2.05) is 19.1 Å². The van der Waals surface area contributed by atoms with E-state index in [0.29, 0.717) is 36.0 Å². The molecule has 1 saturated heterocycles. The van der Waals surface area contributed by atoms with Crippen LogP contribution in [0.5, 0.6) is 5.88 Å². The lowest BCUT2D eigenvalue weighted by atomic mass is 10.0. The van der Waals surface area contributed by atoms with Gasteiger partial charge in [-0.05, 0) is 56.1 Å². The first-order valence-corrected chi connectivity index (χ1v) is 9.80. The monoisotopic (exact) mass is 396 g/mol. The van der Waals surface area contributed by atoms with E-state index < -0.39 is 0 Å². The van der Waals surface area contributed by atoms with Gasteiger partial charge in [-0.25, -0.2) is 4.98 Å². The van der Waals surface area contributed by atoms with Gasteiger partial charge in [0.2, 0.25) is 11.8 Å². The average molecular weight is 396 g/mol. The molecule has 29 heavy (non-hydrogen) atoms. The summed E-state index contributed by atoms with van der Waals surface area (Å²) >= 11 is 0. The Balaban J connectivity index is 1.58. The number of hydrogen-bond donors (Lipinski definition) is 2. The van der Waals surface area contributed by atoms with Gasteiger partial charge in [-0.3, -0.25) is 9.59 Å². The van der Waals surface area contributed by atoms with Crippen molar-refractivity contribution in [2.24, 2.45) is 5.92 Å². The zero-order valence-corrected chi connectivity index (χ0v) is 17.2. The fraction of sp³-hybridized carbons (Fsp3) is 0.409. The smallest absolute Gasteiger partial charge is 0.251 e. The van der Waals surface area contributed by atoms with Crippen LogP contribution in [-0.2, 0) is 11.3 Å². The molecule has 1 aliphatic heterocycles. The van der Waals surface area contributed by atoms with E-state index in [2.05, 4.69) is 27.6 Å². The zero-order valence-electron chi connectivity index (χ0n) is 17.2. The molecule has 7 heteroatoms.